The van der Waals surface area contributed by atoms with E-state index in [4.69, 9.17) is 15.7 Å². The van der Waals surface area contributed by atoms with Crippen LogP contribution in [0.3, 0.4) is 0 Å². The number of rotatable bonds is 4. The summed E-state index contributed by atoms with van der Waals surface area (Å²) < 4.78 is 5.42. The van der Waals surface area contributed by atoms with Gasteiger partial charge in [0.15, 0.2) is 0 Å². The molecule has 1 aromatic rings. The lowest BCUT2D eigenvalue weighted by molar-refractivity contribution is 0.0553. The summed E-state index contributed by atoms with van der Waals surface area (Å²) in [6.07, 6.45) is 0.493. The van der Waals surface area contributed by atoms with Gasteiger partial charge in [-0.15, -0.1) is 0 Å². The highest BCUT2D eigenvalue weighted by Gasteiger charge is 2.13. The predicted octanol–water partition coefficient (Wildman–Crippen LogP) is 1.68. The third kappa shape index (κ3) is 3.79. The van der Waals surface area contributed by atoms with Gasteiger partial charge in [0.1, 0.15) is 11.8 Å². The van der Waals surface area contributed by atoms with Gasteiger partial charge in [-0.3, -0.25) is 0 Å². The number of nitriles is 1. The summed E-state index contributed by atoms with van der Waals surface area (Å²) in [5.74, 6) is 0.465. The smallest absolute Gasteiger partial charge is 0.139 e. The average Bonchev–Trinajstić information content (AvgIpc) is 2.16. The molecule has 0 bridgehead atoms. The summed E-state index contributed by atoms with van der Waals surface area (Å²) in [7, 11) is 0. The standard InChI is InChI=1S/C12H16N2O2/c1-12(2,15)5-6-16-11-7-10(14)4-3-9(11)8-13/h3-4,7,15H,5-6,14H2,1-2H3. The zero-order valence-electron chi connectivity index (χ0n) is 9.53. The van der Waals surface area contributed by atoms with Crippen molar-refractivity contribution in [1.29, 1.82) is 5.26 Å². The lowest BCUT2D eigenvalue weighted by Gasteiger charge is -2.17. The maximum absolute atomic E-state index is 9.51. The monoisotopic (exact) mass is 220 g/mol. The Balaban J connectivity index is 2.67. The Morgan fingerprint density at radius 3 is 2.75 bits per heavy atom. The molecule has 0 aromatic heterocycles. The molecule has 0 radical (unpaired) electrons. The Morgan fingerprint density at radius 2 is 2.19 bits per heavy atom. The summed E-state index contributed by atoms with van der Waals surface area (Å²) in [6.45, 7) is 3.77. The van der Waals surface area contributed by atoms with Crippen LogP contribution in [0.4, 0.5) is 5.69 Å². The Morgan fingerprint density at radius 1 is 1.50 bits per heavy atom. The summed E-state index contributed by atoms with van der Waals surface area (Å²) >= 11 is 0. The maximum atomic E-state index is 9.51. The van der Waals surface area contributed by atoms with E-state index in [2.05, 4.69) is 0 Å². The van der Waals surface area contributed by atoms with Gasteiger partial charge in [0, 0.05) is 18.2 Å². The molecule has 0 saturated heterocycles. The second kappa shape index (κ2) is 4.86. The van der Waals surface area contributed by atoms with Crippen LogP contribution in [0.25, 0.3) is 0 Å². The number of anilines is 1. The van der Waals surface area contributed by atoms with Crippen LogP contribution >= 0.6 is 0 Å². The molecule has 0 atom stereocenters. The zero-order chi connectivity index (χ0) is 12.2. The maximum Gasteiger partial charge on any atom is 0.139 e. The molecule has 0 fully saturated rings. The number of hydrogen-bond donors (Lipinski definition) is 2. The average molecular weight is 220 g/mol. The number of nitrogens with two attached hydrogens (primary N) is 1. The molecule has 3 N–H and O–H groups in total. The molecule has 16 heavy (non-hydrogen) atoms. The third-order valence-electron chi connectivity index (χ3n) is 2.10. The van der Waals surface area contributed by atoms with E-state index in [-0.39, 0.29) is 0 Å². The first kappa shape index (κ1) is 12.3. The Bertz CT molecular complexity index is 402. The van der Waals surface area contributed by atoms with Crippen LogP contribution in [-0.4, -0.2) is 17.3 Å². The van der Waals surface area contributed by atoms with Crippen molar-refractivity contribution in [1.82, 2.24) is 0 Å². The SMILES string of the molecule is CC(C)(O)CCOc1cc(N)ccc1C#N. The van der Waals surface area contributed by atoms with Gasteiger partial charge in [0.25, 0.3) is 0 Å². The molecule has 1 rings (SSSR count). The fourth-order valence-electron chi connectivity index (χ4n) is 1.16. The number of nitrogens with zero attached hydrogens (tertiary/aromatic N) is 1. The molecule has 0 aliphatic rings. The number of nitrogen functional groups attached to an aromatic ring is 1. The van der Waals surface area contributed by atoms with Crippen molar-refractivity contribution in [2.75, 3.05) is 12.3 Å². The molecule has 0 unspecified atom stereocenters. The Hall–Kier alpha value is -1.73. The third-order valence-corrected chi connectivity index (χ3v) is 2.10. The molecule has 0 amide bonds. The van der Waals surface area contributed by atoms with Crippen molar-refractivity contribution in [3.63, 3.8) is 0 Å². The molecular weight excluding hydrogens is 204 g/mol. The van der Waals surface area contributed by atoms with Crippen molar-refractivity contribution >= 4 is 5.69 Å². The molecule has 0 heterocycles. The van der Waals surface area contributed by atoms with Gasteiger partial charge >= 0.3 is 0 Å². The molecule has 0 spiro atoms. The molecule has 0 saturated carbocycles. The molecule has 0 aliphatic carbocycles. The molecule has 86 valence electrons. The predicted molar refractivity (Wildman–Crippen MR) is 62.0 cm³/mol. The number of aliphatic hydroxyl groups is 1. The van der Waals surface area contributed by atoms with E-state index in [9.17, 15) is 5.11 Å². The van der Waals surface area contributed by atoms with Crippen LogP contribution in [0.1, 0.15) is 25.8 Å². The first-order valence-electron chi connectivity index (χ1n) is 5.07. The van der Waals surface area contributed by atoms with Gasteiger partial charge < -0.3 is 15.6 Å². The van der Waals surface area contributed by atoms with Crippen molar-refractivity contribution in [2.45, 2.75) is 25.9 Å². The van der Waals surface area contributed by atoms with E-state index in [1.807, 2.05) is 6.07 Å². The van der Waals surface area contributed by atoms with Gasteiger partial charge in [-0.1, -0.05) is 0 Å². The van der Waals surface area contributed by atoms with Crippen LogP contribution in [0.15, 0.2) is 18.2 Å². The summed E-state index contributed by atoms with van der Waals surface area (Å²) in [5.41, 5.74) is 5.83. The highest BCUT2D eigenvalue weighted by Crippen LogP contribution is 2.21. The van der Waals surface area contributed by atoms with E-state index in [1.54, 1.807) is 32.0 Å². The number of ether oxygens (including phenoxy) is 1. The number of benzene rings is 1. The summed E-state index contributed by atoms with van der Waals surface area (Å²) in [6, 6.07) is 6.92. The van der Waals surface area contributed by atoms with E-state index in [0.717, 1.165) is 0 Å². The molecule has 4 heteroatoms. The minimum Gasteiger partial charge on any atom is -0.492 e. The molecule has 0 aliphatic heterocycles. The molecular formula is C12H16N2O2. The zero-order valence-corrected chi connectivity index (χ0v) is 9.53. The summed E-state index contributed by atoms with van der Waals surface area (Å²) in [5, 5.41) is 18.4. The largest absolute Gasteiger partial charge is 0.492 e. The highest BCUT2D eigenvalue weighted by molar-refractivity contribution is 5.52. The minimum atomic E-state index is -0.771. The first-order valence-corrected chi connectivity index (χ1v) is 5.07. The van der Waals surface area contributed by atoms with Crippen LogP contribution in [0, 0.1) is 11.3 Å². The van der Waals surface area contributed by atoms with Crippen LogP contribution in [-0.2, 0) is 0 Å². The van der Waals surface area contributed by atoms with Gasteiger partial charge in [0.05, 0.1) is 17.8 Å². The van der Waals surface area contributed by atoms with E-state index >= 15 is 0 Å². The lowest BCUT2D eigenvalue weighted by atomic mass is 10.1. The fraction of sp³-hybridized carbons (Fsp3) is 0.417. The van der Waals surface area contributed by atoms with Crippen LogP contribution < -0.4 is 10.5 Å². The second-order valence-corrected chi connectivity index (χ2v) is 4.28. The van der Waals surface area contributed by atoms with Gasteiger partial charge in [-0.2, -0.15) is 5.26 Å². The topological polar surface area (TPSA) is 79.3 Å². The van der Waals surface area contributed by atoms with Crippen LogP contribution in [0.5, 0.6) is 5.75 Å². The Kier molecular flexibility index (Phi) is 3.75. The van der Waals surface area contributed by atoms with Crippen molar-refractivity contribution in [3.05, 3.63) is 23.8 Å². The van der Waals surface area contributed by atoms with E-state index < -0.39 is 5.60 Å². The second-order valence-electron chi connectivity index (χ2n) is 4.28. The molecule has 1 aromatic carbocycles. The first-order chi connectivity index (χ1) is 7.42. The lowest BCUT2D eigenvalue weighted by Crippen LogP contribution is -2.21. The van der Waals surface area contributed by atoms with Crippen molar-refractivity contribution < 1.29 is 9.84 Å². The van der Waals surface area contributed by atoms with E-state index in [1.165, 1.54) is 0 Å². The van der Waals surface area contributed by atoms with Crippen molar-refractivity contribution in [2.24, 2.45) is 0 Å². The number of hydrogen-bond acceptors (Lipinski definition) is 4. The minimum absolute atomic E-state index is 0.349. The highest BCUT2D eigenvalue weighted by atomic mass is 16.5. The fourth-order valence-corrected chi connectivity index (χ4v) is 1.16. The van der Waals surface area contributed by atoms with Gasteiger partial charge in [-0.25, -0.2) is 0 Å². The van der Waals surface area contributed by atoms with Gasteiger partial charge in [0.2, 0.25) is 0 Å². The quantitative estimate of drug-likeness (QED) is 0.756. The van der Waals surface area contributed by atoms with Crippen LogP contribution in [0.2, 0.25) is 0 Å². The van der Waals surface area contributed by atoms with Gasteiger partial charge in [-0.05, 0) is 26.0 Å². The summed E-state index contributed by atoms with van der Waals surface area (Å²) in [4.78, 5) is 0. The van der Waals surface area contributed by atoms with E-state index in [0.29, 0.717) is 30.0 Å². The van der Waals surface area contributed by atoms with Crippen molar-refractivity contribution in [3.8, 4) is 11.8 Å². The normalized spacial score (nSPS) is 10.9. The molecule has 4 nitrogen and oxygen atoms in total. The Labute approximate surface area is 95.3 Å².